The molecule has 0 fully saturated rings. The van der Waals surface area contributed by atoms with Gasteiger partial charge in [-0.25, -0.2) is 0 Å². The van der Waals surface area contributed by atoms with Gasteiger partial charge in [-0.15, -0.1) is 0 Å². The van der Waals surface area contributed by atoms with E-state index in [1.165, 1.54) is 29.2 Å². The Bertz CT molecular complexity index is 911. The summed E-state index contributed by atoms with van der Waals surface area (Å²) in [5.74, 6) is 0.466. The Hall–Kier alpha value is -2.87. The fraction of sp³-hybridized carbons (Fsp3) is 0.136. The Balaban J connectivity index is 1.81. The normalized spacial score (nSPS) is 11.7. The summed E-state index contributed by atoms with van der Waals surface area (Å²) in [6, 6.07) is 22.9. The van der Waals surface area contributed by atoms with Crippen molar-refractivity contribution in [2.45, 2.75) is 19.8 Å². The molecule has 0 spiro atoms. The van der Waals surface area contributed by atoms with Crippen molar-refractivity contribution in [2.24, 2.45) is 0 Å². The summed E-state index contributed by atoms with van der Waals surface area (Å²) >= 11 is 0. The average Bonchev–Trinajstić information content (AvgIpc) is 2.97. The van der Waals surface area contributed by atoms with Gasteiger partial charge in [0.25, 0.3) is 0 Å². The molecule has 0 radical (unpaired) electrons. The fourth-order valence-corrected chi connectivity index (χ4v) is 3.46. The number of benzene rings is 3. The topological polar surface area (TPSA) is 26.3 Å². The van der Waals surface area contributed by atoms with Crippen LogP contribution in [0, 0.1) is 0 Å². The quantitative estimate of drug-likeness (QED) is 0.402. The van der Waals surface area contributed by atoms with E-state index < -0.39 is 0 Å². The van der Waals surface area contributed by atoms with E-state index in [-0.39, 0.29) is 5.97 Å². The van der Waals surface area contributed by atoms with E-state index in [0.717, 1.165) is 29.7 Å². The van der Waals surface area contributed by atoms with Gasteiger partial charge in [0, 0.05) is 25.3 Å². The van der Waals surface area contributed by atoms with Gasteiger partial charge in [0.1, 0.15) is 5.75 Å². The van der Waals surface area contributed by atoms with Crippen LogP contribution < -0.4 is 4.74 Å². The van der Waals surface area contributed by atoms with Crippen molar-refractivity contribution in [3.05, 3.63) is 89.0 Å². The van der Waals surface area contributed by atoms with Gasteiger partial charge in [-0.3, -0.25) is 4.79 Å². The number of hydrogen-bond donors (Lipinski definition) is 0. The predicted molar refractivity (Wildman–Crippen MR) is 95.2 cm³/mol. The number of hydrogen-bond acceptors (Lipinski definition) is 2. The molecule has 1 aliphatic carbocycles. The predicted octanol–water partition coefficient (Wildman–Crippen LogP) is 4.77. The molecular formula is C22H18O2. The van der Waals surface area contributed by atoms with E-state index >= 15 is 0 Å². The molecule has 4 rings (SSSR count). The number of fused-ring (bicyclic) bond motifs is 3. The van der Waals surface area contributed by atoms with Gasteiger partial charge in [0.15, 0.2) is 0 Å². The van der Waals surface area contributed by atoms with Gasteiger partial charge in [0.05, 0.1) is 0 Å². The first-order chi connectivity index (χ1) is 11.7. The molecule has 0 amide bonds. The van der Waals surface area contributed by atoms with Crippen LogP contribution in [-0.4, -0.2) is 5.97 Å². The highest BCUT2D eigenvalue weighted by molar-refractivity contribution is 5.81. The maximum absolute atomic E-state index is 11.7. The number of carbonyl (C=O) groups is 1. The average molecular weight is 314 g/mol. The van der Waals surface area contributed by atoms with Gasteiger partial charge < -0.3 is 4.74 Å². The second-order valence-corrected chi connectivity index (χ2v) is 6.17. The van der Waals surface area contributed by atoms with Crippen molar-refractivity contribution in [3.8, 4) is 16.9 Å². The largest absolute Gasteiger partial charge is 0.426 e. The summed E-state index contributed by atoms with van der Waals surface area (Å²) in [6.07, 6.45) is 1.57. The maximum Gasteiger partial charge on any atom is 0.308 e. The van der Waals surface area contributed by atoms with Crippen LogP contribution >= 0.6 is 0 Å². The van der Waals surface area contributed by atoms with Crippen molar-refractivity contribution in [1.82, 2.24) is 0 Å². The molecule has 3 aromatic rings. The molecule has 0 atom stereocenters. The van der Waals surface area contributed by atoms with Crippen LogP contribution in [0.5, 0.6) is 5.75 Å². The maximum atomic E-state index is 11.7. The third kappa shape index (κ3) is 2.61. The van der Waals surface area contributed by atoms with Gasteiger partial charge in [-0.05, 0) is 27.8 Å². The van der Waals surface area contributed by atoms with Crippen molar-refractivity contribution in [1.29, 1.82) is 0 Å². The molecule has 2 nitrogen and oxygen atoms in total. The van der Waals surface area contributed by atoms with Crippen LogP contribution in [0.15, 0.2) is 66.7 Å². The molecular weight excluding hydrogens is 296 g/mol. The second-order valence-electron chi connectivity index (χ2n) is 6.17. The summed E-state index contributed by atoms with van der Waals surface area (Å²) in [5, 5.41) is 0. The van der Waals surface area contributed by atoms with E-state index in [9.17, 15) is 4.79 Å². The fourth-order valence-electron chi connectivity index (χ4n) is 3.46. The molecule has 3 aromatic carbocycles. The molecule has 0 saturated heterocycles. The molecule has 2 heteroatoms. The van der Waals surface area contributed by atoms with E-state index in [0.29, 0.717) is 0 Å². The highest BCUT2D eigenvalue weighted by atomic mass is 16.5. The molecule has 0 N–H and O–H groups in total. The monoisotopic (exact) mass is 314 g/mol. The van der Waals surface area contributed by atoms with Crippen molar-refractivity contribution < 1.29 is 9.53 Å². The van der Waals surface area contributed by atoms with E-state index in [1.807, 2.05) is 18.2 Å². The lowest BCUT2D eigenvalue weighted by Gasteiger charge is -2.14. The van der Waals surface area contributed by atoms with E-state index in [1.54, 1.807) is 0 Å². The Kier molecular flexibility index (Phi) is 3.66. The molecule has 1 aliphatic rings. The minimum absolute atomic E-state index is 0.270. The van der Waals surface area contributed by atoms with E-state index in [4.69, 9.17) is 4.74 Å². The van der Waals surface area contributed by atoms with Crippen molar-refractivity contribution in [3.63, 3.8) is 0 Å². The molecule has 0 aromatic heterocycles. The summed E-state index contributed by atoms with van der Waals surface area (Å²) in [4.78, 5) is 11.7. The standard InChI is InChI=1S/C22H18O2/c1-15(23)24-22-18(13-16-7-3-2-4-8-16)11-12-20-19-10-6-5-9-17(19)14-21(20)22/h2-12H,13-14H2,1H3. The van der Waals surface area contributed by atoms with Crippen LogP contribution in [-0.2, 0) is 17.6 Å². The molecule has 24 heavy (non-hydrogen) atoms. The zero-order valence-electron chi connectivity index (χ0n) is 13.6. The molecule has 0 saturated carbocycles. The van der Waals surface area contributed by atoms with E-state index in [2.05, 4.69) is 48.5 Å². The van der Waals surface area contributed by atoms with Crippen molar-refractivity contribution >= 4 is 5.97 Å². The van der Waals surface area contributed by atoms with Crippen LogP contribution in [0.1, 0.15) is 29.2 Å². The number of ether oxygens (including phenoxy) is 1. The van der Waals surface area contributed by atoms with Crippen LogP contribution in [0.3, 0.4) is 0 Å². The van der Waals surface area contributed by atoms with Crippen LogP contribution in [0.4, 0.5) is 0 Å². The highest BCUT2D eigenvalue weighted by Gasteiger charge is 2.24. The first kappa shape index (κ1) is 14.7. The second kappa shape index (κ2) is 5.97. The summed E-state index contributed by atoms with van der Waals surface area (Å²) in [7, 11) is 0. The third-order valence-electron chi connectivity index (χ3n) is 4.50. The Morgan fingerprint density at radius 2 is 1.67 bits per heavy atom. The third-order valence-corrected chi connectivity index (χ3v) is 4.50. The van der Waals surface area contributed by atoms with Gasteiger partial charge >= 0.3 is 5.97 Å². The van der Waals surface area contributed by atoms with Crippen molar-refractivity contribution in [2.75, 3.05) is 0 Å². The minimum Gasteiger partial charge on any atom is -0.426 e. The van der Waals surface area contributed by atoms with Gasteiger partial charge in [-0.2, -0.15) is 0 Å². The Labute approximate surface area is 141 Å². The summed E-state index contributed by atoms with van der Waals surface area (Å²) in [5.41, 5.74) is 7.10. The highest BCUT2D eigenvalue weighted by Crippen LogP contribution is 2.43. The van der Waals surface area contributed by atoms with Gasteiger partial charge in [-0.1, -0.05) is 66.7 Å². The molecule has 0 heterocycles. The smallest absolute Gasteiger partial charge is 0.308 e. The summed E-state index contributed by atoms with van der Waals surface area (Å²) in [6.45, 7) is 1.47. The first-order valence-electron chi connectivity index (χ1n) is 8.18. The molecule has 118 valence electrons. The number of rotatable bonds is 3. The van der Waals surface area contributed by atoms with Crippen LogP contribution in [0.25, 0.3) is 11.1 Å². The number of carbonyl (C=O) groups excluding carboxylic acids is 1. The first-order valence-corrected chi connectivity index (χ1v) is 8.18. The number of esters is 1. The lowest BCUT2D eigenvalue weighted by atomic mass is 9.97. The van der Waals surface area contributed by atoms with Gasteiger partial charge in [0.2, 0.25) is 0 Å². The zero-order valence-corrected chi connectivity index (χ0v) is 13.6. The SMILES string of the molecule is CC(=O)Oc1c(Cc2ccccc2)ccc2c1Cc1ccccc1-2. The zero-order chi connectivity index (χ0) is 16.5. The molecule has 0 bridgehead atoms. The Morgan fingerprint density at radius 3 is 2.46 bits per heavy atom. The van der Waals surface area contributed by atoms with Crippen LogP contribution in [0.2, 0.25) is 0 Å². The lowest BCUT2D eigenvalue weighted by molar-refractivity contribution is -0.131. The summed E-state index contributed by atoms with van der Waals surface area (Å²) < 4.78 is 5.65. The molecule has 0 aliphatic heterocycles. The minimum atomic E-state index is -0.270. The lowest BCUT2D eigenvalue weighted by Crippen LogP contribution is -2.07. The molecule has 0 unspecified atom stereocenters. The Morgan fingerprint density at radius 1 is 0.917 bits per heavy atom.